The van der Waals surface area contributed by atoms with Gasteiger partial charge in [0.05, 0.1) is 5.69 Å². The molecule has 1 heterocycles. The van der Waals surface area contributed by atoms with Crippen LogP contribution in [-0.4, -0.2) is 21.8 Å². The van der Waals surface area contributed by atoms with Crippen LogP contribution in [-0.2, 0) is 7.05 Å². The van der Waals surface area contributed by atoms with E-state index in [0.717, 1.165) is 17.9 Å². The summed E-state index contributed by atoms with van der Waals surface area (Å²) < 4.78 is 1.84. The summed E-state index contributed by atoms with van der Waals surface area (Å²) in [6.07, 6.45) is 4.89. The molecule has 0 spiro atoms. The quantitative estimate of drug-likeness (QED) is 0.766. The first kappa shape index (κ1) is 9.61. The minimum atomic E-state index is 0.130. The van der Waals surface area contributed by atoms with Gasteiger partial charge in [-0.1, -0.05) is 0 Å². The van der Waals surface area contributed by atoms with Gasteiger partial charge in [0.25, 0.3) is 0 Å². The monoisotopic (exact) mass is 185 g/mol. The van der Waals surface area contributed by atoms with E-state index in [2.05, 4.69) is 11.4 Å². The Morgan fingerprint density at radius 1 is 1.75 bits per heavy atom. The van der Waals surface area contributed by atoms with Crippen LogP contribution in [0.3, 0.4) is 0 Å². The van der Waals surface area contributed by atoms with E-state index in [-0.39, 0.29) is 6.04 Å². The highest BCUT2D eigenvalue weighted by atomic mass is 32.2. The molecule has 1 aromatic rings. The summed E-state index contributed by atoms with van der Waals surface area (Å²) in [5, 5.41) is 4.08. The van der Waals surface area contributed by atoms with Crippen molar-refractivity contribution in [1.82, 2.24) is 9.78 Å². The van der Waals surface area contributed by atoms with Crippen molar-refractivity contribution in [3.63, 3.8) is 0 Å². The SMILES string of the molecule is CSCCC(N)c1ccnn1C. The summed E-state index contributed by atoms with van der Waals surface area (Å²) in [6, 6.07) is 2.11. The van der Waals surface area contributed by atoms with Crippen molar-refractivity contribution < 1.29 is 0 Å². The third-order valence-corrected chi connectivity index (χ3v) is 2.52. The number of nitrogens with two attached hydrogens (primary N) is 1. The Kier molecular flexibility index (Phi) is 3.62. The molecule has 1 aromatic heterocycles. The number of aryl methyl sites for hydroxylation is 1. The van der Waals surface area contributed by atoms with E-state index in [4.69, 9.17) is 5.73 Å². The van der Waals surface area contributed by atoms with Crippen LogP contribution in [0.25, 0.3) is 0 Å². The van der Waals surface area contributed by atoms with Crippen molar-refractivity contribution in [1.29, 1.82) is 0 Å². The van der Waals surface area contributed by atoms with Crippen LogP contribution in [0.1, 0.15) is 18.2 Å². The number of hydrogen-bond acceptors (Lipinski definition) is 3. The van der Waals surface area contributed by atoms with Crippen LogP contribution >= 0.6 is 11.8 Å². The number of aromatic nitrogens is 2. The first-order valence-corrected chi connectivity index (χ1v) is 5.37. The van der Waals surface area contributed by atoms with Gasteiger partial charge in [0.2, 0.25) is 0 Å². The van der Waals surface area contributed by atoms with Crippen LogP contribution in [0.4, 0.5) is 0 Å². The average Bonchev–Trinajstić information content (AvgIpc) is 2.47. The first-order chi connectivity index (χ1) is 5.75. The van der Waals surface area contributed by atoms with E-state index < -0.39 is 0 Å². The molecule has 1 unspecified atom stereocenters. The minimum absolute atomic E-state index is 0.130. The van der Waals surface area contributed by atoms with Gasteiger partial charge in [0.1, 0.15) is 0 Å². The normalized spacial score (nSPS) is 13.2. The summed E-state index contributed by atoms with van der Waals surface area (Å²) in [5.74, 6) is 1.10. The highest BCUT2D eigenvalue weighted by molar-refractivity contribution is 7.98. The van der Waals surface area contributed by atoms with Crippen molar-refractivity contribution in [2.24, 2.45) is 12.8 Å². The van der Waals surface area contributed by atoms with E-state index >= 15 is 0 Å². The number of thioether (sulfide) groups is 1. The molecule has 0 radical (unpaired) electrons. The lowest BCUT2D eigenvalue weighted by molar-refractivity contribution is 0.609. The van der Waals surface area contributed by atoms with Gasteiger partial charge in [0, 0.05) is 19.3 Å². The largest absolute Gasteiger partial charge is 0.323 e. The highest BCUT2D eigenvalue weighted by Gasteiger charge is 2.08. The summed E-state index contributed by atoms with van der Waals surface area (Å²) in [4.78, 5) is 0. The van der Waals surface area contributed by atoms with E-state index in [1.807, 2.05) is 29.6 Å². The number of rotatable bonds is 4. The molecule has 3 nitrogen and oxygen atoms in total. The average molecular weight is 185 g/mol. The van der Waals surface area contributed by atoms with Crippen LogP contribution in [0, 0.1) is 0 Å². The summed E-state index contributed by atoms with van der Waals surface area (Å²) in [5.41, 5.74) is 7.07. The van der Waals surface area contributed by atoms with Gasteiger partial charge in [-0.05, 0) is 24.5 Å². The molecule has 12 heavy (non-hydrogen) atoms. The molecule has 2 N–H and O–H groups in total. The Labute approximate surface area is 77.3 Å². The lowest BCUT2D eigenvalue weighted by atomic mass is 10.2. The van der Waals surface area contributed by atoms with Gasteiger partial charge in [-0.25, -0.2) is 0 Å². The second-order valence-corrected chi connectivity index (χ2v) is 3.75. The van der Waals surface area contributed by atoms with Crippen LogP contribution in [0.2, 0.25) is 0 Å². The van der Waals surface area contributed by atoms with Crippen molar-refractivity contribution in [3.8, 4) is 0 Å². The zero-order valence-corrected chi connectivity index (χ0v) is 8.34. The maximum Gasteiger partial charge on any atom is 0.0548 e. The fraction of sp³-hybridized carbons (Fsp3) is 0.625. The zero-order chi connectivity index (χ0) is 8.97. The molecule has 0 aliphatic heterocycles. The first-order valence-electron chi connectivity index (χ1n) is 3.98. The Morgan fingerprint density at radius 3 is 3.00 bits per heavy atom. The third kappa shape index (κ3) is 2.25. The van der Waals surface area contributed by atoms with Crippen molar-refractivity contribution in [3.05, 3.63) is 18.0 Å². The Bertz CT molecular complexity index is 234. The van der Waals surface area contributed by atoms with Crippen LogP contribution in [0.5, 0.6) is 0 Å². The van der Waals surface area contributed by atoms with Gasteiger partial charge in [-0.2, -0.15) is 16.9 Å². The molecule has 0 saturated heterocycles. The minimum Gasteiger partial charge on any atom is -0.323 e. The molecule has 0 saturated carbocycles. The molecule has 0 fully saturated rings. The van der Waals surface area contributed by atoms with Gasteiger partial charge in [0.15, 0.2) is 0 Å². The maximum atomic E-state index is 5.95. The predicted molar refractivity (Wildman–Crippen MR) is 53.1 cm³/mol. The zero-order valence-electron chi connectivity index (χ0n) is 7.53. The molecule has 4 heteroatoms. The van der Waals surface area contributed by atoms with Crippen LogP contribution < -0.4 is 5.73 Å². The predicted octanol–water partition coefficient (Wildman–Crippen LogP) is 1.17. The second kappa shape index (κ2) is 4.52. The second-order valence-electron chi connectivity index (χ2n) is 2.77. The summed E-state index contributed by atoms with van der Waals surface area (Å²) in [6.45, 7) is 0. The topological polar surface area (TPSA) is 43.8 Å². The third-order valence-electron chi connectivity index (χ3n) is 1.87. The van der Waals surface area contributed by atoms with Crippen molar-refractivity contribution in [2.45, 2.75) is 12.5 Å². The standard InChI is InChI=1S/C8H15N3S/c1-11-8(3-5-10-11)7(9)4-6-12-2/h3,5,7H,4,6,9H2,1-2H3. The lowest BCUT2D eigenvalue weighted by Crippen LogP contribution is -2.15. The van der Waals surface area contributed by atoms with Crippen molar-refractivity contribution in [2.75, 3.05) is 12.0 Å². The van der Waals surface area contributed by atoms with Gasteiger partial charge in [-0.3, -0.25) is 4.68 Å². The highest BCUT2D eigenvalue weighted by Crippen LogP contribution is 2.14. The Balaban J connectivity index is 2.52. The molecule has 0 amide bonds. The molecule has 68 valence electrons. The molecule has 0 aliphatic carbocycles. The number of nitrogens with zero attached hydrogens (tertiary/aromatic N) is 2. The Morgan fingerprint density at radius 2 is 2.50 bits per heavy atom. The van der Waals surface area contributed by atoms with E-state index in [0.29, 0.717) is 0 Å². The van der Waals surface area contributed by atoms with Crippen molar-refractivity contribution >= 4 is 11.8 Å². The molecule has 1 atom stereocenters. The Hall–Kier alpha value is -0.480. The van der Waals surface area contributed by atoms with E-state index in [1.54, 1.807) is 6.20 Å². The molecular weight excluding hydrogens is 170 g/mol. The summed E-state index contributed by atoms with van der Waals surface area (Å²) >= 11 is 1.82. The van der Waals surface area contributed by atoms with Crippen LogP contribution in [0.15, 0.2) is 12.3 Å². The van der Waals surface area contributed by atoms with E-state index in [9.17, 15) is 0 Å². The lowest BCUT2D eigenvalue weighted by Gasteiger charge is -2.10. The van der Waals surface area contributed by atoms with Gasteiger partial charge < -0.3 is 5.73 Å². The van der Waals surface area contributed by atoms with Gasteiger partial charge >= 0.3 is 0 Å². The molecule has 0 bridgehead atoms. The fourth-order valence-electron chi connectivity index (χ4n) is 1.14. The number of hydrogen-bond donors (Lipinski definition) is 1. The molecule has 0 aliphatic rings. The smallest absolute Gasteiger partial charge is 0.0548 e. The molecule has 1 rings (SSSR count). The fourth-order valence-corrected chi connectivity index (χ4v) is 1.63. The van der Waals surface area contributed by atoms with E-state index in [1.165, 1.54) is 0 Å². The molecule has 0 aromatic carbocycles. The summed E-state index contributed by atoms with van der Waals surface area (Å²) in [7, 11) is 1.92. The molecular formula is C8H15N3S. The van der Waals surface area contributed by atoms with Gasteiger partial charge in [-0.15, -0.1) is 0 Å². The maximum absolute atomic E-state index is 5.95.